The topological polar surface area (TPSA) is 17.1 Å². The second-order valence-electron chi connectivity index (χ2n) is 3.47. The third kappa shape index (κ3) is 2.10. The first-order chi connectivity index (χ1) is 8.00. The molecule has 0 aliphatic carbocycles. The maximum Gasteiger partial charge on any atom is 0.194 e. The van der Waals surface area contributed by atoms with Crippen LogP contribution in [-0.2, 0) is 0 Å². The predicted octanol–water partition coefficient (Wildman–Crippen LogP) is 3.70. The number of carbonyl (C=O) groups excluding carboxylic acids is 1. The molecule has 5 heteroatoms. The minimum absolute atomic E-state index is 0.192. The van der Waals surface area contributed by atoms with Gasteiger partial charge in [-0.1, -0.05) is 0 Å². The number of ketones is 1. The fourth-order valence-corrected chi connectivity index (χ4v) is 2.16. The van der Waals surface area contributed by atoms with Crippen LogP contribution in [0.5, 0.6) is 0 Å². The molecule has 88 valence electrons. The van der Waals surface area contributed by atoms with Gasteiger partial charge in [-0.2, -0.15) is 0 Å². The van der Waals surface area contributed by atoms with Gasteiger partial charge >= 0.3 is 0 Å². The molecule has 0 radical (unpaired) electrons. The summed E-state index contributed by atoms with van der Waals surface area (Å²) in [4.78, 5) is 12.6. The largest absolute Gasteiger partial charge is 0.289 e. The Bertz CT molecular complexity index is 566. The molecule has 1 nitrogen and oxygen atoms in total. The van der Waals surface area contributed by atoms with Crippen LogP contribution in [0.2, 0.25) is 0 Å². The van der Waals surface area contributed by atoms with Crippen molar-refractivity contribution >= 4 is 17.1 Å². The number of benzene rings is 1. The molecule has 0 saturated heterocycles. The number of thiophene rings is 1. The van der Waals surface area contributed by atoms with E-state index in [1.165, 1.54) is 11.3 Å². The first-order valence-electron chi connectivity index (χ1n) is 4.74. The number of hydrogen-bond donors (Lipinski definition) is 0. The Labute approximate surface area is 99.5 Å². The molecule has 0 atom stereocenters. The van der Waals surface area contributed by atoms with Crippen LogP contribution in [0.1, 0.15) is 20.8 Å². The van der Waals surface area contributed by atoms with Crippen molar-refractivity contribution in [1.29, 1.82) is 0 Å². The van der Waals surface area contributed by atoms with E-state index in [1.54, 1.807) is 18.4 Å². The number of aryl methyl sites for hydroxylation is 1. The summed E-state index contributed by atoms with van der Waals surface area (Å²) >= 11 is 1.36. The molecule has 0 amide bonds. The Morgan fingerprint density at radius 3 is 2.24 bits per heavy atom. The van der Waals surface area contributed by atoms with Crippen molar-refractivity contribution in [2.24, 2.45) is 0 Å². The van der Waals surface area contributed by atoms with E-state index in [9.17, 15) is 18.0 Å². The summed E-state index contributed by atoms with van der Waals surface area (Å²) in [6.07, 6.45) is 0. The van der Waals surface area contributed by atoms with E-state index in [1.807, 2.05) is 0 Å². The molecule has 17 heavy (non-hydrogen) atoms. The maximum atomic E-state index is 13.0. The fourth-order valence-electron chi connectivity index (χ4n) is 1.46. The average Bonchev–Trinajstić information content (AvgIpc) is 2.70. The molecular weight excluding hydrogens is 249 g/mol. The predicted molar refractivity (Wildman–Crippen MR) is 58.8 cm³/mol. The van der Waals surface area contributed by atoms with Crippen molar-refractivity contribution in [2.75, 3.05) is 0 Å². The molecule has 0 fully saturated rings. The Hall–Kier alpha value is -1.62. The normalized spacial score (nSPS) is 10.6. The zero-order valence-electron chi connectivity index (χ0n) is 8.76. The molecule has 2 aromatic rings. The summed E-state index contributed by atoms with van der Waals surface area (Å²) < 4.78 is 38.7. The molecule has 0 unspecified atom stereocenters. The monoisotopic (exact) mass is 256 g/mol. The van der Waals surface area contributed by atoms with Crippen LogP contribution in [0.4, 0.5) is 13.2 Å². The van der Waals surface area contributed by atoms with Gasteiger partial charge in [0.05, 0.1) is 0 Å². The minimum atomic E-state index is -1.57. The molecular formula is C12H7F3OS. The van der Waals surface area contributed by atoms with Gasteiger partial charge in [-0.25, -0.2) is 13.2 Å². The summed E-state index contributed by atoms with van der Waals surface area (Å²) in [5.41, 5.74) is 0.184. The standard InChI is InChI=1S/C12H7F3OS/c1-6-8(2-3-17-6)12(16)7-4-9(13)11(15)10(14)5-7/h2-5H,1H3. The lowest BCUT2D eigenvalue weighted by Crippen LogP contribution is -2.04. The van der Waals surface area contributed by atoms with Gasteiger partial charge in [-0.05, 0) is 30.5 Å². The van der Waals surface area contributed by atoms with Crippen LogP contribution in [0.3, 0.4) is 0 Å². The van der Waals surface area contributed by atoms with E-state index in [4.69, 9.17) is 0 Å². The molecule has 1 aromatic heterocycles. The molecule has 1 heterocycles. The zero-order chi connectivity index (χ0) is 12.6. The van der Waals surface area contributed by atoms with Gasteiger partial charge in [0, 0.05) is 16.0 Å². The highest BCUT2D eigenvalue weighted by Crippen LogP contribution is 2.21. The minimum Gasteiger partial charge on any atom is -0.289 e. The first-order valence-corrected chi connectivity index (χ1v) is 5.62. The molecule has 0 saturated carbocycles. The van der Waals surface area contributed by atoms with Gasteiger partial charge in [0.15, 0.2) is 23.2 Å². The number of carbonyl (C=O) groups is 1. The van der Waals surface area contributed by atoms with Gasteiger partial charge in [0.1, 0.15) is 0 Å². The van der Waals surface area contributed by atoms with E-state index >= 15 is 0 Å². The third-order valence-electron chi connectivity index (χ3n) is 2.35. The lowest BCUT2D eigenvalue weighted by Gasteiger charge is -2.02. The highest BCUT2D eigenvalue weighted by Gasteiger charge is 2.17. The van der Waals surface area contributed by atoms with Crippen molar-refractivity contribution in [3.63, 3.8) is 0 Å². The quantitative estimate of drug-likeness (QED) is 0.591. The lowest BCUT2D eigenvalue weighted by molar-refractivity contribution is 0.103. The molecule has 1 aromatic carbocycles. The van der Waals surface area contributed by atoms with E-state index in [-0.39, 0.29) is 5.56 Å². The van der Waals surface area contributed by atoms with Crippen LogP contribution >= 0.6 is 11.3 Å². The first kappa shape index (κ1) is 11.9. The fraction of sp³-hybridized carbons (Fsp3) is 0.0833. The highest BCUT2D eigenvalue weighted by atomic mass is 32.1. The van der Waals surface area contributed by atoms with Crippen molar-refractivity contribution in [2.45, 2.75) is 6.92 Å². The van der Waals surface area contributed by atoms with E-state index in [2.05, 4.69) is 0 Å². The average molecular weight is 256 g/mol. The van der Waals surface area contributed by atoms with Gasteiger partial charge in [-0.15, -0.1) is 11.3 Å². The summed E-state index contributed by atoms with van der Waals surface area (Å²) in [6.45, 7) is 1.73. The van der Waals surface area contributed by atoms with Crippen molar-refractivity contribution in [1.82, 2.24) is 0 Å². The van der Waals surface area contributed by atoms with Gasteiger partial charge < -0.3 is 0 Å². The van der Waals surface area contributed by atoms with Crippen molar-refractivity contribution in [3.05, 3.63) is 57.0 Å². The van der Waals surface area contributed by atoms with Crippen LogP contribution in [0.25, 0.3) is 0 Å². The second kappa shape index (κ2) is 4.33. The van der Waals surface area contributed by atoms with Crippen LogP contribution in [0.15, 0.2) is 23.6 Å². The summed E-state index contributed by atoms with van der Waals surface area (Å²) in [6, 6.07) is 2.98. The molecule has 2 rings (SSSR count). The zero-order valence-corrected chi connectivity index (χ0v) is 9.58. The third-order valence-corrected chi connectivity index (χ3v) is 3.20. The molecule has 0 aliphatic rings. The Balaban J connectivity index is 2.49. The number of halogens is 3. The second-order valence-corrected chi connectivity index (χ2v) is 4.59. The van der Waals surface area contributed by atoms with Crippen molar-refractivity contribution < 1.29 is 18.0 Å². The summed E-state index contributed by atoms with van der Waals surface area (Å²) in [7, 11) is 0. The van der Waals surface area contributed by atoms with E-state index < -0.39 is 23.2 Å². The van der Waals surface area contributed by atoms with E-state index in [0.29, 0.717) is 17.7 Å². The molecule has 0 N–H and O–H groups in total. The Kier molecular flexibility index (Phi) is 3.02. The Morgan fingerprint density at radius 2 is 1.76 bits per heavy atom. The number of hydrogen-bond acceptors (Lipinski definition) is 2. The van der Waals surface area contributed by atoms with Crippen LogP contribution in [0, 0.1) is 24.4 Å². The summed E-state index contributed by atoms with van der Waals surface area (Å²) in [5.74, 6) is -4.80. The maximum absolute atomic E-state index is 13.0. The van der Waals surface area contributed by atoms with Crippen molar-refractivity contribution in [3.8, 4) is 0 Å². The SMILES string of the molecule is Cc1sccc1C(=O)c1cc(F)c(F)c(F)c1. The van der Waals surface area contributed by atoms with E-state index in [0.717, 1.165) is 4.88 Å². The van der Waals surface area contributed by atoms with Crippen LogP contribution < -0.4 is 0 Å². The molecule has 0 spiro atoms. The summed E-state index contributed by atoms with van der Waals surface area (Å²) in [5, 5.41) is 1.71. The molecule has 0 aliphatic heterocycles. The molecule has 0 bridgehead atoms. The van der Waals surface area contributed by atoms with Gasteiger partial charge in [0.25, 0.3) is 0 Å². The smallest absolute Gasteiger partial charge is 0.194 e. The lowest BCUT2D eigenvalue weighted by atomic mass is 10.0. The highest BCUT2D eigenvalue weighted by molar-refractivity contribution is 7.10. The van der Waals surface area contributed by atoms with Gasteiger partial charge in [-0.3, -0.25) is 4.79 Å². The van der Waals surface area contributed by atoms with Gasteiger partial charge in [0.2, 0.25) is 0 Å². The Morgan fingerprint density at radius 1 is 1.18 bits per heavy atom. The van der Waals surface area contributed by atoms with Crippen LogP contribution in [-0.4, -0.2) is 5.78 Å². The number of rotatable bonds is 2.